The second kappa shape index (κ2) is 8.55. The van der Waals surface area contributed by atoms with Crippen LogP contribution in [0.15, 0.2) is 53.0 Å². The topological polar surface area (TPSA) is 75.7 Å². The summed E-state index contributed by atoms with van der Waals surface area (Å²) in [5.74, 6) is 0.113. The van der Waals surface area contributed by atoms with Crippen molar-refractivity contribution in [1.29, 1.82) is 0 Å². The van der Waals surface area contributed by atoms with Gasteiger partial charge in [-0.3, -0.25) is 9.10 Å². The summed E-state index contributed by atoms with van der Waals surface area (Å²) in [4.78, 5) is 12.8. The molecule has 0 aliphatic carbocycles. The van der Waals surface area contributed by atoms with Crippen molar-refractivity contribution in [2.45, 2.75) is 19.4 Å². The largest absolute Gasteiger partial charge is 0.497 e. The van der Waals surface area contributed by atoms with E-state index in [1.807, 2.05) is 0 Å². The maximum absolute atomic E-state index is 12.8. The molecule has 1 amide bonds. The fourth-order valence-corrected chi connectivity index (χ4v) is 4.03. The molecule has 0 spiro atoms. The molecule has 8 heteroatoms. The minimum Gasteiger partial charge on any atom is -0.497 e. The highest BCUT2D eigenvalue weighted by Crippen LogP contribution is 2.27. The number of amides is 1. The second-order valence-electron chi connectivity index (χ2n) is 5.68. The molecule has 26 heavy (non-hydrogen) atoms. The molecule has 0 saturated carbocycles. The van der Waals surface area contributed by atoms with Crippen LogP contribution in [0.2, 0.25) is 0 Å². The lowest BCUT2D eigenvalue weighted by Crippen LogP contribution is -2.47. The van der Waals surface area contributed by atoms with Crippen molar-refractivity contribution >= 4 is 43.2 Å². The summed E-state index contributed by atoms with van der Waals surface area (Å²) in [6.07, 6.45) is 1.40. The number of sulfonamides is 1. The maximum atomic E-state index is 12.8. The lowest BCUT2D eigenvalue weighted by atomic mass is 10.1. The Morgan fingerprint density at radius 2 is 1.88 bits per heavy atom. The van der Waals surface area contributed by atoms with Gasteiger partial charge in [0.15, 0.2) is 0 Å². The number of halogens is 1. The van der Waals surface area contributed by atoms with E-state index in [0.717, 1.165) is 15.0 Å². The highest BCUT2D eigenvalue weighted by molar-refractivity contribution is 9.10. The van der Waals surface area contributed by atoms with E-state index >= 15 is 0 Å². The number of nitrogens with one attached hydrogen (secondary N) is 1. The number of anilines is 2. The number of hydrogen-bond acceptors (Lipinski definition) is 4. The van der Waals surface area contributed by atoms with Crippen LogP contribution in [0.1, 0.15) is 13.3 Å². The van der Waals surface area contributed by atoms with E-state index in [2.05, 4.69) is 21.2 Å². The van der Waals surface area contributed by atoms with Gasteiger partial charge in [-0.15, -0.1) is 0 Å². The van der Waals surface area contributed by atoms with E-state index < -0.39 is 22.0 Å². The second-order valence-corrected chi connectivity index (χ2v) is 8.46. The third kappa shape index (κ3) is 4.98. The van der Waals surface area contributed by atoms with E-state index in [9.17, 15) is 13.2 Å². The van der Waals surface area contributed by atoms with Crippen molar-refractivity contribution in [3.8, 4) is 5.75 Å². The normalized spacial score (nSPS) is 12.3. The van der Waals surface area contributed by atoms with Gasteiger partial charge >= 0.3 is 0 Å². The molecule has 2 aromatic rings. The zero-order valence-corrected chi connectivity index (χ0v) is 17.2. The number of carbonyl (C=O) groups excluding carboxylic acids is 1. The van der Waals surface area contributed by atoms with E-state index in [-0.39, 0.29) is 0 Å². The SMILES string of the molecule is CCC(C(=O)Nc1ccc(Br)cc1)N(c1cccc(OC)c1)S(C)(=O)=O. The van der Waals surface area contributed by atoms with Crippen LogP contribution in [0, 0.1) is 0 Å². The first-order chi connectivity index (χ1) is 12.3. The van der Waals surface area contributed by atoms with Crippen LogP contribution in [0.4, 0.5) is 11.4 Å². The van der Waals surface area contributed by atoms with Crippen LogP contribution in [-0.2, 0) is 14.8 Å². The van der Waals surface area contributed by atoms with Gasteiger partial charge in [-0.25, -0.2) is 8.42 Å². The smallest absolute Gasteiger partial charge is 0.248 e. The number of rotatable bonds is 7. The number of nitrogens with zero attached hydrogens (tertiary/aromatic N) is 1. The molecule has 1 unspecified atom stereocenters. The van der Waals surface area contributed by atoms with Crippen molar-refractivity contribution < 1.29 is 17.9 Å². The fourth-order valence-electron chi connectivity index (χ4n) is 2.57. The zero-order chi connectivity index (χ0) is 19.3. The summed E-state index contributed by atoms with van der Waals surface area (Å²) >= 11 is 3.34. The quantitative estimate of drug-likeness (QED) is 0.712. The maximum Gasteiger partial charge on any atom is 0.248 e. The van der Waals surface area contributed by atoms with Gasteiger partial charge in [-0.1, -0.05) is 28.9 Å². The van der Waals surface area contributed by atoms with Crippen molar-refractivity contribution in [3.05, 3.63) is 53.0 Å². The van der Waals surface area contributed by atoms with E-state index in [0.29, 0.717) is 23.5 Å². The van der Waals surface area contributed by atoms with Crippen LogP contribution < -0.4 is 14.4 Å². The van der Waals surface area contributed by atoms with Gasteiger partial charge in [0.1, 0.15) is 11.8 Å². The van der Waals surface area contributed by atoms with Crippen LogP contribution in [0.25, 0.3) is 0 Å². The first-order valence-corrected chi connectivity index (χ1v) is 10.6. The van der Waals surface area contributed by atoms with Gasteiger partial charge in [-0.05, 0) is 42.8 Å². The number of methoxy groups -OCH3 is 1. The average Bonchev–Trinajstić information content (AvgIpc) is 2.60. The lowest BCUT2D eigenvalue weighted by Gasteiger charge is -2.30. The van der Waals surface area contributed by atoms with Crippen molar-refractivity contribution in [3.63, 3.8) is 0 Å². The molecular formula is C18H21BrN2O4S. The molecule has 140 valence electrons. The highest BCUT2D eigenvalue weighted by atomic mass is 79.9. The molecule has 0 heterocycles. The molecule has 1 atom stereocenters. The molecule has 6 nitrogen and oxygen atoms in total. The van der Waals surface area contributed by atoms with Gasteiger partial charge in [-0.2, -0.15) is 0 Å². The van der Waals surface area contributed by atoms with Gasteiger partial charge in [0.25, 0.3) is 0 Å². The highest BCUT2D eigenvalue weighted by Gasteiger charge is 2.31. The minimum atomic E-state index is -3.69. The Balaban J connectivity index is 2.37. The molecule has 0 saturated heterocycles. The molecular weight excluding hydrogens is 420 g/mol. The predicted octanol–water partition coefficient (Wildman–Crippen LogP) is 3.64. The summed E-state index contributed by atoms with van der Waals surface area (Å²) in [7, 11) is -2.19. The third-order valence-electron chi connectivity index (χ3n) is 3.75. The average molecular weight is 441 g/mol. The van der Waals surface area contributed by atoms with Gasteiger partial charge in [0, 0.05) is 16.2 Å². The van der Waals surface area contributed by atoms with E-state index in [1.54, 1.807) is 55.5 Å². The molecule has 2 rings (SSSR count). The first-order valence-electron chi connectivity index (χ1n) is 7.96. The summed E-state index contributed by atoms with van der Waals surface area (Å²) < 4.78 is 32.1. The van der Waals surface area contributed by atoms with Crippen LogP contribution >= 0.6 is 15.9 Å². The number of benzene rings is 2. The summed E-state index contributed by atoms with van der Waals surface area (Å²) in [5, 5.41) is 2.77. The minimum absolute atomic E-state index is 0.312. The van der Waals surface area contributed by atoms with Gasteiger partial charge < -0.3 is 10.1 Å². The zero-order valence-electron chi connectivity index (χ0n) is 14.8. The molecule has 0 bridgehead atoms. The van der Waals surface area contributed by atoms with E-state index in [4.69, 9.17) is 4.74 Å². The molecule has 2 aromatic carbocycles. The lowest BCUT2D eigenvalue weighted by molar-refractivity contribution is -0.117. The van der Waals surface area contributed by atoms with Crippen LogP contribution in [0.5, 0.6) is 5.75 Å². The monoisotopic (exact) mass is 440 g/mol. The number of hydrogen-bond donors (Lipinski definition) is 1. The summed E-state index contributed by atoms with van der Waals surface area (Å²) in [5.41, 5.74) is 0.973. The molecule has 0 aromatic heterocycles. The van der Waals surface area contributed by atoms with E-state index in [1.165, 1.54) is 7.11 Å². The fraction of sp³-hybridized carbons (Fsp3) is 0.278. The van der Waals surface area contributed by atoms with Crippen molar-refractivity contribution in [2.75, 3.05) is 23.0 Å². The van der Waals surface area contributed by atoms with Gasteiger partial charge in [0.2, 0.25) is 15.9 Å². The third-order valence-corrected chi connectivity index (χ3v) is 5.46. The Labute approximate surface area is 162 Å². The Morgan fingerprint density at radius 1 is 1.23 bits per heavy atom. The Hall–Kier alpha value is -2.06. The van der Waals surface area contributed by atoms with Crippen LogP contribution in [0.3, 0.4) is 0 Å². The molecule has 0 fully saturated rings. The molecule has 0 radical (unpaired) electrons. The first kappa shape index (κ1) is 20.3. The Bertz CT molecular complexity index is 869. The van der Waals surface area contributed by atoms with Crippen molar-refractivity contribution in [2.24, 2.45) is 0 Å². The number of carbonyl (C=O) groups is 1. The van der Waals surface area contributed by atoms with Gasteiger partial charge in [0.05, 0.1) is 19.1 Å². The van der Waals surface area contributed by atoms with Crippen molar-refractivity contribution in [1.82, 2.24) is 0 Å². The Kier molecular flexibility index (Phi) is 6.66. The summed E-state index contributed by atoms with van der Waals surface area (Å²) in [6, 6.07) is 12.8. The molecule has 0 aliphatic heterocycles. The molecule has 0 aliphatic rings. The predicted molar refractivity (Wildman–Crippen MR) is 107 cm³/mol. The summed E-state index contributed by atoms with van der Waals surface area (Å²) in [6.45, 7) is 1.77. The van der Waals surface area contributed by atoms with Crippen LogP contribution in [-0.4, -0.2) is 33.7 Å². The molecule has 1 N–H and O–H groups in total. The standard InChI is InChI=1S/C18H21BrN2O4S/c1-4-17(18(22)20-14-10-8-13(19)9-11-14)21(26(3,23)24)15-6-5-7-16(12-15)25-2/h5-12,17H,4H2,1-3H3,(H,20,22). The Morgan fingerprint density at radius 3 is 2.42 bits per heavy atom. The number of ether oxygens (including phenoxy) is 1.